The van der Waals surface area contributed by atoms with Crippen molar-refractivity contribution in [1.82, 2.24) is 19.9 Å². The molecule has 1 aliphatic rings. The van der Waals surface area contributed by atoms with Crippen LogP contribution < -0.4 is 0 Å². The second-order valence-electron chi connectivity index (χ2n) is 6.21. The standard InChI is InChI=1S/C13H22N4O2/c1-10-7-11(9-17-14-5-6-15-17)16(8-10)12(18)19-13(2,3)4/h5-6,10-11H,7-9H2,1-4H3/t10-,11+/m1/s1. The highest BCUT2D eigenvalue weighted by Crippen LogP contribution is 2.25. The summed E-state index contributed by atoms with van der Waals surface area (Å²) in [6.07, 6.45) is 4.02. The largest absolute Gasteiger partial charge is 0.444 e. The summed E-state index contributed by atoms with van der Waals surface area (Å²) in [7, 11) is 0. The van der Waals surface area contributed by atoms with Crippen molar-refractivity contribution in [3.63, 3.8) is 0 Å². The molecule has 1 amide bonds. The Hall–Kier alpha value is -1.59. The molecule has 2 heterocycles. The van der Waals surface area contributed by atoms with E-state index in [2.05, 4.69) is 17.1 Å². The van der Waals surface area contributed by atoms with E-state index in [9.17, 15) is 4.79 Å². The van der Waals surface area contributed by atoms with Crippen molar-refractivity contribution < 1.29 is 9.53 Å². The van der Waals surface area contributed by atoms with Crippen molar-refractivity contribution in [3.05, 3.63) is 12.4 Å². The highest BCUT2D eigenvalue weighted by Gasteiger charge is 2.36. The van der Waals surface area contributed by atoms with Crippen molar-refractivity contribution in [3.8, 4) is 0 Å². The van der Waals surface area contributed by atoms with Crippen molar-refractivity contribution in [1.29, 1.82) is 0 Å². The van der Waals surface area contributed by atoms with E-state index in [1.165, 1.54) is 0 Å². The van der Waals surface area contributed by atoms with Gasteiger partial charge in [0.15, 0.2) is 0 Å². The summed E-state index contributed by atoms with van der Waals surface area (Å²) in [6.45, 7) is 9.16. The molecule has 1 aromatic heterocycles. The quantitative estimate of drug-likeness (QED) is 0.820. The lowest BCUT2D eigenvalue weighted by molar-refractivity contribution is 0.0205. The van der Waals surface area contributed by atoms with Crippen LogP contribution in [0.5, 0.6) is 0 Å². The van der Waals surface area contributed by atoms with Gasteiger partial charge in [-0.15, -0.1) is 0 Å². The van der Waals surface area contributed by atoms with Gasteiger partial charge in [-0.1, -0.05) is 6.92 Å². The van der Waals surface area contributed by atoms with Gasteiger partial charge in [0.25, 0.3) is 0 Å². The van der Waals surface area contributed by atoms with E-state index in [1.54, 1.807) is 22.1 Å². The van der Waals surface area contributed by atoms with Gasteiger partial charge in [0.2, 0.25) is 0 Å². The summed E-state index contributed by atoms with van der Waals surface area (Å²) in [6, 6.07) is 0.109. The van der Waals surface area contributed by atoms with Gasteiger partial charge < -0.3 is 9.64 Å². The third-order valence-corrected chi connectivity index (χ3v) is 3.09. The SMILES string of the molecule is C[C@@H]1C[C@@H](Cn2nccn2)N(C(=O)OC(C)(C)C)C1. The van der Waals surface area contributed by atoms with E-state index >= 15 is 0 Å². The minimum absolute atomic E-state index is 0.109. The molecule has 0 saturated carbocycles. The minimum atomic E-state index is -0.461. The van der Waals surface area contributed by atoms with Gasteiger partial charge in [0.05, 0.1) is 25.0 Å². The fourth-order valence-corrected chi connectivity index (χ4v) is 2.39. The monoisotopic (exact) mass is 266 g/mol. The summed E-state index contributed by atoms with van der Waals surface area (Å²) < 4.78 is 5.46. The molecule has 1 fully saturated rings. The molecule has 6 nitrogen and oxygen atoms in total. The maximum absolute atomic E-state index is 12.2. The minimum Gasteiger partial charge on any atom is -0.444 e. The van der Waals surface area contributed by atoms with Crippen LogP contribution in [0.25, 0.3) is 0 Å². The zero-order chi connectivity index (χ0) is 14.0. The van der Waals surface area contributed by atoms with E-state index in [0.29, 0.717) is 12.5 Å². The van der Waals surface area contributed by atoms with Gasteiger partial charge in [0.1, 0.15) is 5.60 Å². The number of nitrogens with zero attached hydrogens (tertiary/aromatic N) is 4. The molecule has 0 aliphatic carbocycles. The Balaban J connectivity index is 2.03. The van der Waals surface area contributed by atoms with Crippen molar-refractivity contribution in [2.45, 2.75) is 52.3 Å². The molecule has 19 heavy (non-hydrogen) atoms. The third kappa shape index (κ3) is 3.68. The fraction of sp³-hybridized carbons (Fsp3) is 0.769. The molecule has 0 bridgehead atoms. The van der Waals surface area contributed by atoms with Crippen molar-refractivity contribution >= 4 is 6.09 Å². The zero-order valence-corrected chi connectivity index (χ0v) is 12.0. The Labute approximate surface area is 113 Å². The van der Waals surface area contributed by atoms with Gasteiger partial charge in [-0.25, -0.2) is 4.79 Å². The van der Waals surface area contributed by atoms with E-state index in [1.807, 2.05) is 20.8 Å². The number of hydrogen-bond donors (Lipinski definition) is 0. The van der Waals surface area contributed by atoms with Crippen molar-refractivity contribution in [2.75, 3.05) is 6.54 Å². The lowest BCUT2D eigenvalue weighted by Gasteiger charge is -2.28. The van der Waals surface area contributed by atoms with Gasteiger partial charge in [-0.3, -0.25) is 0 Å². The maximum Gasteiger partial charge on any atom is 0.410 e. The number of amides is 1. The molecule has 0 unspecified atom stereocenters. The Morgan fingerprint density at radius 3 is 2.58 bits per heavy atom. The molecule has 1 aromatic rings. The predicted octanol–water partition coefficient (Wildman–Crippen LogP) is 1.92. The van der Waals surface area contributed by atoms with E-state index in [4.69, 9.17) is 4.74 Å². The highest BCUT2D eigenvalue weighted by atomic mass is 16.6. The van der Waals surface area contributed by atoms with Crippen LogP contribution in [0.2, 0.25) is 0 Å². The Kier molecular flexibility index (Phi) is 3.78. The molecular formula is C13H22N4O2. The smallest absolute Gasteiger partial charge is 0.410 e. The Morgan fingerprint density at radius 2 is 2.00 bits per heavy atom. The van der Waals surface area contributed by atoms with Crippen LogP contribution in [-0.2, 0) is 11.3 Å². The van der Waals surface area contributed by atoms with Crippen LogP contribution in [0.1, 0.15) is 34.1 Å². The Bertz CT molecular complexity index is 424. The first-order valence-corrected chi connectivity index (χ1v) is 6.69. The molecule has 106 valence electrons. The Morgan fingerprint density at radius 1 is 1.37 bits per heavy atom. The summed E-state index contributed by atoms with van der Waals surface area (Å²) >= 11 is 0. The topological polar surface area (TPSA) is 60.2 Å². The maximum atomic E-state index is 12.2. The summed E-state index contributed by atoms with van der Waals surface area (Å²) in [5, 5.41) is 8.20. The molecule has 0 aromatic carbocycles. The average molecular weight is 266 g/mol. The predicted molar refractivity (Wildman–Crippen MR) is 70.5 cm³/mol. The van der Waals surface area contributed by atoms with Crippen LogP contribution in [0.4, 0.5) is 4.79 Å². The molecule has 1 aliphatic heterocycles. The fourth-order valence-electron chi connectivity index (χ4n) is 2.39. The molecular weight excluding hydrogens is 244 g/mol. The molecule has 2 atom stereocenters. The molecule has 0 radical (unpaired) electrons. The first-order chi connectivity index (χ1) is 8.85. The highest BCUT2D eigenvalue weighted by molar-refractivity contribution is 5.69. The summed E-state index contributed by atoms with van der Waals surface area (Å²) in [5.41, 5.74) is -0.461. The normalized spacial score (nSPS) is 23.7. The van der Waals surface area contributed by atoms with E-state index < -0.39 is 5.60 Å². The van der Waals surface area contributed by atoms with Gasteiger partial charge in [-0.2, -0.15) is 15.0 Å². The van der Waals surface area contributed by atoms with Gasteiger partial charge in [-0.05, 0) is 33.1 Å². The van der Waals surface area contributed by atoms with Crippen LogP contribution in [0.3, 0.4) is 0 Å². The number of rotatable bonds is 2. The second-order valence-corrected chi connectivity index (χ2v) is 6.21. The first-order valence-electron chi connectivity index (χ1n) is 6.69. The van der Waals surface area contributed by atoms with Crippen molar-refractivity contribution in [2.24, 2.45) is 5.92 Å². The summed E-state index contributed by atoms with van der Waals surface area (Å²) in [4.78, 5) is 15.6. The molecule has 1 saturated heterocycles. The van der Waals surface area contributed by atoms with Gasteiger partial charge >= 0.3 is 6.09 Å². The number of likely N-dealkylation sites (tertiary alicyclic amines) is 1. The lowest BCUT2D eigenvalue weighted by atomic mass is 10.1. The number of carbonyl (C=O) groups excluding carboxylic acids is 1. The lowest BCUT2D eigenvalue weighted by Crippen LogP contribution is -2.41. The summed E-state index contributed by atoms with van der Waals surface area (Å²) in [5.74, 6) is 0.480. The number of hydrogen-bond acceptors (Lipinski definition) is 4. The number of carbonyl (C=O) groups is 1. The van der Waals surface area contributed by atoms with Crippen LogP contribution in [-0.4, -0.2) is 44.2 Å². The van der Waals surface area contributed by atoms with E-state index in [-0.39, 0.29) is 12.1 Å². The second kappa shape index (κ2) is 5.19. The third-order valence-electron chi connectivity index (χ3n) is 3.09. The number of aromatic nitrogens is 3. The molecule has 0 N–H and O–H groups in total. The van der Waals surface area contributed by atoms with Crippen LogP contribution >= 0.6 is 0 Å². The van der Waals surface area contributed by atoms with Crippen LogP contribution in [0.15, 0.2) is 12.4 Å². The first kappa shape index (κ1) is 13.8. The molecule has 6 heteroatoms. The van der Waals surface area contributed by atoms with Crippen LogP contribution in [0, 0.1) is 5.92 Å². The van der Waals surface area contributed by atoms with E-state index in [0.717, 1.165) is 13.0 Å². The average Bonchev–Trinajstić information content (AvgIpc) is 2.86. The number of ether oxygens (including phenoxy) is 1. The molecule has 2 rings (SSSR count). The van der Waals surface area contributed by atoms with Gasteiger partial charge in [0, 0.05) is 6.54 Å². The molecule has 0 spiro atoms. The zero-order valence-electron chi connectivity index (χ0n) is 12.0.